The fourth-order valence-electron chi connectivity index (χ4n) is 1.56. The first-order valence-electron chi connectivity index (χ1n) is 4.91. The van der Waals surface area contributed by atoms with Crippen molar-refractivity contribution in [1.82, 2.24) is 4.74 Å². The maximum absolute atomic E-state index is 11.4. The molecule has 0 amide bonds. The smallest absolute Gasteiger partial charge is 0.365 e. The third-order valence-electron chi connectivity index (χ3n) is 2.19. The predicted molar refractivity (Wildman–Crippen MR) is 57.0 cm³/mol. The number of rotatable bonds is 2. The fraction of sp³-hybridized carbons (Fsp3) is 0.364. The molecular formula is C11H13NO3. The number of benzene rings is 1. The van der Waals surface area contributed by atoms with E-state index in [9.17, 15) is 9.90 Å². The van der Waals surface area contributed by atoms with E-state index in [-0.39, 0.29) is 11.4 Å². The second kappa shape index (κ2) is 3.46. The molecule has 15 heavy (non-hydrogen) atoms. The van der Waals surface area contributed by atoms with Gasteiger partial charge in [-0.2, -0.15) is 0 Å². The first-order valence-corrected chi connectivity index (χ1v) is 4.91. The summed E-state index contributed by atoms with van der Waals surface area (Å²) in [6, 6.07) is 4.61. The molecule has 1 N–H and O–H groups in total. The maximum atomic E-state index is 11.4. The molecule has 0 aliphatic heterocycles. The zero-order chi connectivity index (χ0) is 11.0. The lowest BCUT2D eigenvalue weighted by atomic mass is 10.2. The van der Waals surface area contributed by atoms with E-state index in [2.05, 4.69) is 0 Å². The molecule has 0 fully saturated rings. The van der Waals surface area contributed by atoms with Gasteiger partial charge < -0.3 is 9.63 Å². The number of aromatic hydroxyl groups is 1. The summed E-state index contributed by atoms with van der Waals surface area (Å²) in [5, 5.41) is 9.85. The minimum Gasteiger partial charge on any atom is -0.508 e. The van der Waals surface area contributed by atoms with Gasteiger partial charge in [0, 0.05) is 6.07 Å². The van der Waals surface area contributed by atoms with Crippen molar-refractivity contribution < 1.29 is 9.63 Å². The largest absolute Gasteiger partial charge is 0.508 e. The third-order valence-corrected chi connectivity index (χ3v) is 2.19. The Bertz CT molecular complexity index is 536. The van der Waals surface area contributed by atoms with E-state index in [1.807, 2.05) is 13.8 Å². The van der Waals surface area contributed by atoms with Gasteiger partial charge in [0.15, 0.2) is 0 Å². The molecule has 0 unspecified atom stereocenters. The fourth-order valence-corrected chi connectivity index (χ4v) is 1.56. The highest BCUT2D eigenvalue weighted by Crippen LogP contribution is 2.18. The molecule has 1 heterocycles. The van der Waals surface area contributed by atoms with Crippen LogP contribution in [-0.2, 0) is 6.54 Å². The van der Waals surface area contributed by atoms with Crippen LogP contribution in [0.25, 0.3) is 10.9 Å². The van der Waals surface area contributed by atoms with Crippen LogP contribution in [0.1, 0.15) is 13.8 Å². The van der Waals surface area contributed by atoms with Crippen LogP contribution in [0, 0.1) is 5.92 Å². The van der Waals surface area contributed by atoms with Gasteiger partial charge in [-0.3, -0.25) is 0 Å². The van der Waals surface area contributed by atoms with Crippen molar-refractivity contribution in [1.29, 1.82) is 0 Å². The number of hydrogen-bond donors (Lipinski definition) is 1. The SMILES string of the molecule is CC(C)Cn1oc(=O)c2ccc(O)cc21. The molecule has 2 aromatic rings. The number of fused-ring (bicyclic) bond motifs is 1. The van der Waals surface area contributed by atoms with Gasteiger partial charge in [0.2, 0.25) is 0 Å². The first-order chi connectivity index (χ1) is 7.08. The second-order valence-electron chi connectivity index (χ2n) is 4.04. The van der Waals surface area contributed by atoms with Gasteiger partial charge in [-0.1, -0.05) is 13.8 Å². The molecule has 4 heteroatoms. The highest BCUT2D eigenvalue weighted by atomic mass is 16.5. The number of phenols is 1. The van der Waals surface area contributed by atoms with E-state index < -0.39 is 0 Å². The minimum absolute atomic E-state index is 0.140. The van der Waals surface area contributed by atoms with E-state index in [0.29, 0.717) is 23.4 Å². The summed E-state index contributed by atoms with van der Waals surface area (Å²) in [7, 11) is 0. The number of hydrogen-bond acceptors (Lipinski definition) is 3. The standard InChI is InChI=1S/C11H13NO3/c1-7(2)6-12-10-5-8(13)3-4-9(10)11(14)15-12/h3-5,7,13H,6H2,1-2H3. The Morgan fingerprint density at radius 1 is 1.47 bits per heavy atom. The van der Waals surface area contributed by atoms with E-state index in [1.165, 1.54) is 10.8 Å². The molecule has 0 saturated carbocycles. The van der Waals surface area contributed by atoms with Gasteiger partial charge >= 0.3 is 5.63 Å². The van der Waals surface area contributed by atoms with E-state index in [0.717, 1.165) is 0 Å². The Kier molecular flexibility index (Phi) is 2.26. The lowest BCUT2D eigenvalue weighted by Crippen LogP contribution is -2.03. The molecule has 0 saturated heterocycles. The Labute approximate surface area is 86.7 Å². The summed E-state index contributed by atoms with van der Waals surface area (Å²) in [5.74, 6) is 0.520. The summed E-state index contributed by atoms with van der Waals surface area (Å²) in [6.07, 6.45) is 0. The Morgan fingerprint density at radius 2 is 2.20 bits per heavy atom. The van der Waals surface area contributed by atoms with Gasteiger partial charge in [-0.15, -0.1) is 0 Å². The zero-order valence-electron chi connectivity index (χ0n) is 8.73. The third kappa shape index (κ3) is 1.75. The molecule has 2 rings (SSSR count). The Morgan fingerprint density at radius 3 is 2.87 bits per heavy atom. The van der Waals surface area contributed by atoms with Crippen LogP contribution < -0.4 is 5.63 Å². The Balaban J connectivity index is 2.64. The van der Waals surface area contributed by atoms with E-state index >= 15 is 0 Å². The zero-order valence-corrected chi connectivity index (χ0v) is 8.73. The molecule has 0 bridgehead atoms. The lowest BCUT2D eigenvalue weighted by molar-refractivity contribution is 0.238. The molecule has 0 atom stereocenters. The molecule has 0 aliphatic rings. The van der Waals surface area contributed by atoms with Gasteiger partial charge in [-0.25, -0.2) is 9.53 Å². The van der Waals surface area contributed by atoms with Crippen LogP contribution in [0.3, 0.4) is 0 Å². The van der Waals surface area contributed by atoms with Gasteiger partial charge in [0.05, 0.1) is 17.4 Å². The molecule has 1 aromatic heterocycles. The highest BCUT2D eigenvalue weighted by Gasteiger charge is 2.10. The average Bonchev–Trinajstić information content (AvgIpc) is 2.42. The topological polar surface area (TPSA) is 55.4 Å². The summed E-state index contributed by atoms with van der Waals surface area (Å²) >= 11 is 0. The maximum Gasteiger partial charge on any atom is 0.365 e. The number of aromatic nitrogens is 1. The molecule has 80 valence electrons. The summed E-state index contributed by atoms with van der Waals surface area (Å²) in [5.41, 5.74) is 0.291. The minimum atomic E-state index is -0.356. The number of phenolic OH excluding ortho intramolecular Hbond substituents is 1. The van der Waals surface area contributed by atoms with Crippen LogP contribution in [0.5, 0.6) is 5.75 Å². The second-order valence-corrected chi connectivity index (χ2v) is 4.04. The van der Waals surface area contributed by atoms with Crippen LogP contribution in [0.15, 0.2) is 27.5 Å². The summed E-state index contributed by atoms with van der Waals surface area (Å²) < 4.78 is 6.61. The van der Waals surface area contributed by atoms with Crippen molar-refractivity contribution in [2.45, 2.75) is 20.4 Å². The normalized spacial score (nSPS) is 11.4. The van der Waals surface area contributed by atoms with Gasteiger partial charge in [0.1, 0.15) is 5.75 Å². The highest BCUT2D eigenvalue weighted by molar-refractivity contribution is 5.79. The average molecular weight is 207 g/mol. The van der Waals surface area contributed by atoms with Crippen LogP contribution in [-0.4, -0.2) is 9.85 Å². The molecule has 0 radical (unpaired) electrons. The van der Waals surface area contributed by atoms with E-state index in [1.54, 1.807) is 12.1 Å². The quantitative estimate of drug-likeness (QED) is 0.818. The first kappa shape index (κ1) is 9.83. The molecule has 1 aromatic carbocycles. The van der Waals surface area contributed by atoms with Crippen LogP contribution in [0.2, 0.25) is 0 Å². The molecule has 4 nitrogen and oxygen atoms in total. The van der Waals surface area contributed by atoms with Crippen molar-refractivity contribution in [2.24, 2.45) is 5.92 Å². The van der Waals surface area contributed by atoms with Gasteiger partial charge in [-0.05, 0) is 18.1 Å². The molecule has 0 aliphatic carbocycles. The molecule has 0 spiro atoms. The lowest BCUT2D eigenvalue weighted by Gasteiger charge is -2.04. The van der Waals surface area contributed by atoms with E-state index in [4.69, 9.17) is 4.52 Å². The monoisotopic (exact) mass is 207 g/mol. The Hall–Kier alpha value is -1.71. The summed E-state index contributed by atoms with van der Waals surface area (Å²) in [4.78, 5) is 11.4. The van der Waals surface area contributed by atoms with Crippen molar-refractivity contribution in [3.63, 3.8) is 0 Å². The van der Waals surface area contributed by atoms with Gasteiger partial charge in [0.25, 0.3) is 0 Å². The van der Waals surface area contributed by atoms with Crippen LogP contribution in [0.4, 0.5) is 0 Å². The number of nitrogens with zero attached hydrogens (tertiary/aromatic N) is 1. The van der Waals surface area contributed by atoms with Crippen molar-refractivity contribution in [3.8, 4) is 5.75 Å². The van der Waals surface area contributed by atoms with Crippen LogP contribution >= 0.6 is 0 Å². The predicted octanol–water partition coefficient (Wildman–Crippen LogP) is 1.96. The molecular weight excluding hydrogens is 194 g/mol. The van der Waals surface area contributed by atoms with Crippen molar-refractivity contribution in [3.05, 3.63) is 28.6 Å². The summed E-state index contributed by atoms with van der Waals surface area (Å²) in [6.45, 7) is 4.70. The van der Waals surface area contributed by atoms with Crippen molar-refractivity contribution in [2.75, 3.05) is 0 Å². The van der Waals surface area contributed by atoms with Crippen molar-refractivity contribution >= 4 is 10.9 Å².